The highest BCUT2D eigenvalue weighted by Gasteiger charge is 2.45. The molecule has 1 aromatic carbocycles. The van der Waals surface area contributed by atoms with Gasteiger partial charge in [0.2, 0.25) is 0 Å². The molecule has 1 saturated carbocycles. The minimum atomic E-state index is -0.823. The number of rotatable bonds is 2. The van der Waals surface area contributed by atoms with Gasteiger partial charge in [-0.2, -0.15) is 0 Å². The zero-order valence-corrected chi connectivity index (χ0v) is 7.83. The largest absolute Gasteiger partial charge is 0.481 e. The molecule has 1 aromatic rings. The van der Waals surface area contributed by atoms with Crippen LogP contribution in [0.2, 0.25) is 0 Å². The van der Waals surface area contributed by atoms with Crippen molar-refractivity contribution in [1.82, 2.24) is 0 Å². The van der Waals surface area contributed by atoms with Crippen molar-refractivity contribution in [2.24, 2.45) is 5.92 Å². The summed E-state index contributed by atoms with van der Waals surface area (Å²) in [6.45, 7) is 1.88. The van der Waals surface area contributed by atoms with Crippen molar-refractivity contribution in [2.75, 3.05) is 0 Å². The number of hydrogen-bond donors (Lipinski definition) is 1. The third kappa shape index (κ3) is 1.50. The summed E-state index contributed by atoms with van der Waals surface area (Å²) in [5.74, 6) is -1.61. The Hall–Kier alpha value is -1.38. The van der Waals surface area contributed by atoms with Crippen LogP contribution in [0.1, 0.15) is 23.5 Å². The van der Waals surface area contributed by atoms with Crippen LogP contribution in [0.25, 0.3) is 0 Å². The Morgan fingerprint density at radius 1 is 1.57 bits per heavy atom. The first-order valence-electron chi connectivity index (χ1n) is 4.58. The second-order valence-electron chi connectivity index (χ2n) is 3.81. The average molecular weight is 194 g/mol. The summed E-state index contributed by atoms with van der Waals surface area (Å²) in [4.78, 5) is 10.6. The third-order valence-corrected chi connectivity index (χ3v) is 2.66. The lowest BCUT2D eigenvalue weighted by Gasteiger charge is -2.02. The van der Waals surface area contributed by atoms with Crippen LogP contribution in [0.3, 0.4) is 0 Å². The van der Waals surface area contributed by atoms with E-state index in [-0.39, 0.29) is 17.7 Å². The zero-order valence-electron chi connectivity index (χ0n) is 7.83. The van der Waals surface area contributed by atoms with E-state index in [1.54, 1.807) is 12.1 Å². The average Bonchev–Trinajstić information content (AvgIpc) is 2.88. The lowest BCUT2D eigenvalue weighted by atomic mass is 10.1. The van der Waals surface area contributed by atoms with E-state index in [9.17, 15) is 9.18 Å². The Labute approximate surface area is 81.4 Å². The van der Waals surface area contributed by atoms with E-state index >= 15 is 0 Å². The van der Waals surface area contributed by atoms with Crippen molar-refractivity contribution in [3.8, 4) is 0 Å². The fourth-order valence-corrected chi connectivity index (χ4v) is 1.76. The Balaban J connectivity index is 2.26. The Morgan fingerprint density at radius 3 is 2.86 bits per heavy atom. The van der Waals surface area contributed by atoms with E-state index < -0.39 is 5.97 Å². The molecule has 0 radical (unpaired) electrons. The van der Waals surface area contributed by atoms with Crippen LogP contribution < -0.4 is 0 Å². The minimum absolute atomic E-state index is 0.118. The molecule has 0 spiro atoms. The minimum Gasteiger partial charge on any atom is -0.481 e. The van der Waals surface area contributed by atoms with Gasteiger partial charge in [0.1, 0.15) is 5.82 Å². The SMILES string of the molecule is Cc1ccc(F)c([C@@H]2C[C@H]2C(=O)O)c1. The number of halogens is 1. The normalized spacial score (nSPS) is 24.7. The van der Waals surface area contributed by atoms with Crippen LogP contribution in [0, 0.1) is 18.7 Å². The lowest BCUT2D eigenvalue weighted by Crippen LogP contribution is -2.00. The molecule has 0 heterocycles. The van der Waals surface area contributed by atoms with Crippen molar-refractivity contribution < 1.29 is 14.3 Å². The zero-order chi connectivity index (χ0) is 10.3. The second kappa shape index (κ2) is 3.08. The molecule has 74 valence electrons. The molecule has 0 saturated heterocycles. The van der Waals surface area contributed by atoms with E-state index in [2.05, 4.69) is 0 Å². The molecule has 1 aliphatic carbocycles. The lowest BCUT2D eigenvalue weighted by molar-refractivity contribution is -0.138. The first-order valence-corrected chi connectivity index (χ1v) is 4.58. The fraction of sp³-hybridized carbons (Fsp3) is 0.364. The van der Waals surface area contributed by atoms with Gasteiger partial charge in [-0.05, 0) is 25.0 Å². The molecule has 0 aliphatic heterocycles. The Kier molecular flexibility index (Phi) is 2.02. The summed E-state index contributed by atoms with van der Waals surface area (Å²) in [7, 11) is 0. The van der Waals surface area contributed by atoms with Crippen LogP contribution in [0.15, 0.2) is 18.2 Å². The number of carboxylic acids is 1. The molecule has 1 aliphatic rings. The maximum Gasteiger partial charge on any atom is 0.307 e. The molecule has 0 amide bonds. The highest BCUT2D eigenvalue weighted by atomic mass is 19.1. The predicted octanol–water partition coefficient (Wildman–Crippen LogP) is 2.32. The van der Waals surface area contributed by atoms with Crippen molar-refractivity contribution in [1.29, 1.82) is 0 Å². The highest BCUT2D eigenvalue weighted by molar-refractivity contribution is 5.75. The molecule has 2 nitrogen and oxygen atoms in total. The quantitative estimate of drug-likeness (QED) is 0.784. The van der Waals surface area contributed by atoms with E-state index in [1.807, 2.05) is 6.92 Å². The van der Waals surface area contributed by atoms with Gasteiger partial charge in [-0.15, -0.1) is 0 Å². The number of carboxylic acid groups (broad SMARTS) is 1. The monoisotopic (exact) mass is 194 g/mol. The van der Waals surface area contributed by atoms with Gasteiger partial charge < -0.3 is 5.11 Å². The maximum atomic E-state index is 13.3. The van der Waals surface area contributed by atoms with Crippen molar-refractivity contribution in [3.05, 3.63) is 35.1 Å². The van der Waals surface area contributed by atoms with Crippen LogP contribution in [-0.2, 0) is 4.79 Å². The number of aryl methyl sites for hydroxylation is 1. The molecule has 1 N–H and O–H groups in total. The summed E-state index contributed by atoms with van der Waals surface area (Å²) in [6.07, 6.45) is 0.565. The van der Waals surface area contributed by atoms with Crippen molar-refractivity contribution in [2.45, 2.75) is 19.3 Å². The first kappa shape index (κ1) is 9.19. The fourth-order valence-electron chi connectivity index (χ4n) is 1.76. The van der Waals surface area contributed by atoms with E-state index in [0.717, 1.165) is 5.56 Å². The molecule has 0 bridgehead atoms. The van der Waals surface area contributed by atoms with E-state index in [0.29, 0.717) is 12.0 Å². The predicted molar refractivity (Wildman–Crippen MR) is 49.6 cm³/mol. The third-order valence-electron chi connectivity index (χ3n) is 2.66. The van der Waals surface area contributed by atoms with Gasteiger partial charge in [0.15, 0.2) is 0 Å². The van der Waals surface area contributed by atoms with Gasteiger partial charge in [-0.3, -0.25) is 4.79 Å². The second-order valence-corrected chi connectivity index (χ2v) is 3.81. The molecule has 3 heteroatoms. The first-order chi connectivity index (χ1) is 6.59. The molecule has 2 rings (SSSR count). The maximum absolute atomic E-state index is 13.3. The standard InChI is InChI=1S/C11H11FO2/c1-6-2-3-10(12)8(4-6)7-5-9(7)11(13)14/h2-4,7,9H,5H2,1H3,(H,13,14)/t7-,9+/m0/s1. The van der Waals surface area contributed by atoms with Gasteiger partial charge in [0.25, 0.3) is 0 Å². The van der Waals surface area contributed by atoms with Crippen LogP contribution >= 0.6 is 0 Å². The smallest absolute Gasteiger partial charge is 0.307 e. The molecule has 0 aromatic heterocycles. The van der Waals surface area contributed by atoms with Gasteiger partial charge >= 0.3 is 5.97 Å². The summed E-state index contributed by atoms with van der Waals surface area (Å²) in [6, 6.07) is 4.84. The Bertz CT molecular complexity index is 387. The summed E-state index contributed by atoms with van der Waals surface area (Å²) < 4.78 is 13.3. The topological polar surface area (TPSA) is 37.3 Å². The molecule has 1 fully saturated rings. The molecular weight excluding hydrogens is 183 g/mol. The van der Waals surface area contributed by atoms with Crippen molar-refractivity contribution >= 4 is 5.97 Å². The molecule has 0 unspecified atom stereocenters. The number of carbonyl (C=O) groups is 1. The summed E-state index contributed by atoms with van der Waals surface area (Å²) in [5.41, 5.74) is 1.52. The number of hydrogen-bond acceptors (Lipinski definition) is 1. The van der Waals surface area contributed by atoms with Crippen LogP contribution in [-0.4, -0.2) is 11.1 Å². The van der Waals surface area contributed by atoms with E-state index in [1.165, 1.54) is 6.07 Å². The summed E-state index contributed by atoms with van der Waals surface area (Å²) in [5, 5.41) is 8.72. The highest BCUT2D eigenvalue weighted by Crippen LogP contribution is 2.48. The molecule has 2 atom stereocenters. The van der Waals surface area contributed by atoms with Crippen LogP contribution in [0.4, 0.5) is 4.39 Å². The molecule has 14 heavy (non-hydrogen) atoms. The molecular formula is C11H11FO2. The van der Waals surface area contributed by atoms with E-state index in [4.69, 9.17) is 5.11 Å². The number of benzene rings is 1. The van der Waals surface area contributed by atoms with Gasteiger partial charge in [-0.1, -0.05) is 17.7 Å². The Morgan fingerprint density at radius 2 is 2.29 bits per heavy atom. The van der Waals surface area contributed by atoms with Gasteiger partial charge in [0, 0.05) is 5.92 Å². The van der Waals surface area contributed by atoms with Crippen molar-refractivity contribution in [3.63, 3.8) is 0 Å². The summed E-state index contributed by atoms with van der Waals surface area (Å²) >= 11 is 0. The van der Waals surface area contributed by atoms with Crippen LogP contribution in [0.5, 0.6) is 0 Å². The number of aliphatic carboxylic acids is 1. The van der Waals surface area contributed by atoms with Gasteiger partial charge in [-0.25, -0.2) is 4.39 Å². The van der Waals surface area contributed by atoms with Gasteiger partial charge in [0.05, 0.1) is 5.92 Å².